The summed E-state index contributed by atoms with van der Waals surface area (Å²) in [6.07, 6.45) is 5.40. The summed E-state index contributed by atoms with van der Waals surface area (Å²) in [6, 6.07) is 7.45. The van der Waals surface area contributed by atoms with Crippen LogP contribution in [0.4, 0.5) is 0 Å². The topological polar surface area (TPSA) is 50.8 Å². The van der Waals surface area contributed by atoms with Crippen molar-refractivity contribution in [1.29, 1.82) is 0 Å². The van der Waals surface area contributed by atoms with Crippen molar-refractivity contribution in [3.8, 4) is 11.5 Å². The van der Waals surface area contributed by atoms with Gasteiger partial charge in [-0.2, -0.15) is 0 Å². The van der Waals surface area contributed by atoms with Crippen molar-refractivity contribution in [3.63, 3.8) is 0 Å². The number of hydrogen-bond acceptors (Lipinski definition) is 4. The van der Waals surface area contributed by atoms with Gasteiger partial charge in [0.1, 0.15) is 18.1 Å². The van der Waals surface area contributed by atoms with E-state index in [0.717, 1.165) is 36.3 Å². The van der Waals surface area contributed by atoms with E-state index in [4.69, 9.17) is 9.47 Å². The second kappa shape index (κ2) is 6.87. The molecule has 0 saturated carbocycles. The van der Waals surface area contributed by atoms with Gasteiger partial charge < -0.3 is 19.7 Å². The quantitative estimate of drug-likeness (QED) is 0.911. The Morgan fingerprint density at radius 3 is 2.80 bits per heavy atom. The van der Waals surface area contributed by atoms with Crippen molar-refractivity contribution < 1.29 is 14.3 Å². The molecular weight excluding hydrogens is 316 g/mol. The maximum atomic E-state index is 13.0. The number of nitrogens with zero attached hydrogens (tertiary/aromatic N) is 1. The first-order valence-corrected chi connectivity index (χ1v) is 9.55. The van der Waals surface area contributed by atoms with E-state index in [1.54, 1.807) is 0 Å². The molecule has 136 valence electrons. The number of ether oxygens (including phenoxy) is 2. The fraction of sp³-hybridized carbons (Fsp3) is 0.650. The van der Waals surface area contributed by atoms with Gasteiger partial charge in [0.25, 0.3) is 0 Å². The number of fused-ring (bicyclic) bond motifs is 3. The second-order valence-electron chi connectivity index (χ2n) is 7.63. The van der Waals surface area contributed by atoms with Crippen molar-refractivity contribution >= 4 is 5.91 Å². The fourth-order valence-corrected chi connectivity index (χ4v) is 4.60. The number of carbonyl (C=O) groups excluding carboxylic acids is 1. The first kappa shape index (κ1) is 16.7. The molecule has 4 rings (SSSR count). The van der Waals surface area contributed by atoms with Gasteiger partial charge in [0.15, 0.2) is 0 Å². The van der Waals surface area contributed by atoms with Gasteiger partial charge in [0, 0.05) is 25.2 Å². The highest BCUT2D eigenvalue weighted by Crippen LogP contribution is 2.33. The molecule has 1 aromatic carbocycles. The van der Waals surface area contributed by atoms with Crippen LogP contribution in [-0.4, -0.2) is 49.2 Å². The Labute approximate surface area is 149 Å². The lowest BCUT2D eigenvalue weighted by molar-refractivity contribution is -0.138. The molecule has 5 nitrogen and oxygen atoms in total. The highest BCUT2D eigenvalue weighted by atomic mass is 16.5. The second-order valence-corrected chi connectivity index (χ2v) is 7.63. The molecule has 0 aliphatic carbocycles. The number of rotatable bonds is 4. The first-order chi connectivity index (χ1) is 12.1. The molecular formula is C20H28N2O3. The number of benzene rings is 1. The van der Waals surface area contributed by atoms with Crippen LogP contribution in [0.3, 0.4) is 0 Å². The lowest BCUT2D eigenvalue weighted by Crippen LogP contribution is -2.51. The average molecular weight is 344 g/mol. The molecule has 2 saturated heterocycles. The fourth-order valence-electron chi connectivity index (χ4n) is 4.60. The summed E-state index contributed by atoms with van der Waals surface area (Å²) in [5.74, 6) is 1.86. The summed E-state index contributed by atoms with van der Waals surface area (Å²) < 4.78 is 11.5. The van der Waals surface area contributed by atoms with E-state index in [1.165, 1.54) is 12.8 Å². The Bertz CT molecular complexity index is 636. The third-order valence-corrected chi connectivity index (χ3v) is 5.94. The number of hydrogen-bond donors (Lipinski definition) is 1. The predicted octanol–water partition coefficient (Wildman–Crippen LogP) is 2.38. The Hall–Kier alpha value is -1.75. The van der Waals surface area contributed by atoms with E-state index >= 15 is 0 Å². The maximum absolute atomic E-state index is 13.0. The molecule has 2 fully saturated rings. The largest absolute Gasteiger partial charge is 0.494 e. The normalized spacial score (nSPS) is 30.3. The number of amides is 1. The van der Waals surface area contributed by atoms with Crippen molar-refractivity contribution in [2.75, 3.05) is 20.3 Å². The molecule has 1 N–H and O–H groups in total. The van der Waals surface area contributed by atoms with Gasteiger partial charge in [-0.3, -0.25) is 4.79 Å². The van der Waals surface area contributed by atoms with Crippen LogP contribution < -0.4 is 14.8 Å². The molecule has 1 aromatic rings. The summed E-state index contributed by atoms with van der Waals surface area (Å²) in [5.41, 5.74) is 1.08. The summed E-state index contributed by atoms with van der Waals surface area (Å²) in [6.45, 7) is 3.09. The first-order valence-electron chi connectivity index (χ1n) is 9.55. The van der Waals surface area contributed by atoms with Gasteiger partial charge in [-0.05, 0) is 62.8 Å². The Morgan fingerprint density at radius 1 is 1.32 bits per heavy atom. The van der Waals surface area contributed by atoms with E-state index in [1.807, 2.05) is 37.1 Å². The molecule has 1 amide bonds. The van der Waals surface area contributed by atoms with Gasteiger partial charge in [0.2, 0.25) is 5.91 Å². The van der Waals surface area contributed by atoms with Crippen LogP contribution in [-0.2, 0) is 11.2 Å². The molecule has 5 heteroatoms. The standard InChI is InChI=1S/C20H28N2O3/c1-3-24-18-6-7-19-13(9-18)8-14(12-25-19)20(23)22(2)17-10-15-4-5-16(11-17)21-15/h6-7,9,14-17,21H,3-5,8,10-12H2,1-2H3. The molecule has 2 bridgehead atoms. The summed E-state index contributed by atoms with van der Waals surface area (Å²) in [4.78, 5) is 15.0. The third-order valence-electron chi connectivity index (χ3n) is 5.94. The number of carbonyl (C=O) groups is 1. The smallest absolute Gasteiger partial charge is 0.229 e. The van der Waals surface area contributed by atoms with E-state index in [0.29, 0.717) is 31.3 Å². The molecule has 0 aromatic heterocycles. The maximum Gasteiger partial charge on any atom is 0.229 e. The lowest BCUT2D eigenvalue weighted by atomic mass is 9.93. The SMILES string of the molecule is CCOc1ccc2c(c1)CC(C(=O)N(C)C1CC3CCC(C1)N3)CO2. The van der Waals surface area contributed by atoms with Crippen molar-refractivity contribution in [2.24, 2.45) is 5.92 Å². The van der Waals surface area contributed by atoms with Crippen molar-refractivity contribution in [3.05, 3.63) is 23.8 Å². The van der Waals surface area contributed by atoms with Crippen LogP contribution in [0.2, 0.25) is 0 Å². The van der Waals surface area contributed by atoms with Gasteiger partial charge in [-0.15, -0.1) is 0 Å². The highest BCUT2D eigenvalue weighted by molar-refractivity contribution is 5.80. The Kier molecular flexibility index (Phi) is 4.59. The van der Waals surface area contributed by atoms with Gasteiger partial charge in [-0.1, -0.05) is 0 Å². The molecule has 0 spiro atoms. The van der Waals surface area contributed by atoms with E-state index < -0.39 is 0 Å². The number of piperidine rings is 1. The van der Waals surface area contributed by atoms with E-state index in [-0.39, 0.29) is 11.8 Å². The van der Waals surface area contributed by atoms with Gasteiger partial charge >= 0.3 is 0 Å². The zero-order chi connectivity index (χ0) is 17.4. The molecule has 3 heterocycles. The van der Waals surface area contributed by atoms with Crippen LogP contribution in [0, 0.1) is 5.92 Å². The zero-order valence-electron chi connectivity index (χ0n) is 15.2. The Morgan fingerprint density at radius 2 is 2.08 bits per heavy atom. The van der Waals surface area contributed by atoms with Crippen LogP contribution >= 0.6 is 0 Å². The minimum absolute atomic E-state index is 0.0954. The molecule has 3 aliphatic rings. The summed E-state index contributed by atoms with van der Waals surface area (Å²) in [5, 5.41) is 3.65. The Balaban J connectivity index is 1.43. The average Bonchev–Trinajstić information content (AvgIpc) is 2.98. The lowest BCUT2D eigenvalue weighted by Gasteiger charge is -2.38. The zero-order valence-corrected chi connectivity index (χ0v) is 15.2. The molecule has 25 heavy (non-hydrogen) atoms. The predicted molar refractivity (Wildman–Crippen MR) is 96.0 cm³/mol. The van der Waals surface area contributed by atoms with Crippen LogP contribution in [0.5, 0.6) is 11.5 Å². The molecule has 3 atom stereocenters. The van der Waals surface area contributed by atoms with Crippen LogP contribution in [0.1, 0.15) is 38.2 Å². The minimum Gasteiger partial charge on any atom is -0.494 e. The molecule has 3 unspecified atom stereocenters. The monoisotopic (exact) mass is 344 g/mol. The van der Waals surface area contributed by atoms with Crippen molar-refractivity contribution in [1.82, 2.24) is 10.2 Å². The minimum atomic E-state index is -0.0954. The van der Waals surface area contributed by atoms with Crippen LogP contribution in [0.25, 0.3) is 0 Å². The van der Waals surface area contributed by atoms with E-state index in [2.05, 4.69) is 5.32 Å². The molecule has 3 aliphatic heterocycles. The third kappa shape index (κ3) is 3.34. The summed E-state index contributed by atoms with van der Waals surface area (Å²) >= 11 is 0. The van der Waals surface area contributed by atoms with Crippen molar-refractivity contribution in [2.45, 2.75) is 57.2 Å². The molecule has 0 radical (unpaired) electrons. The van der Waals surface area contributed by atoms with E-state index in [9.17, 15) is 4.79 Å². The van der Waals surface area contributed by atoms with Gasteiger partial charge in [-0.25, -0.2) is 0 Å². The van der Waals surface area contributed by atoms with Gasteiger partial charge in [0.05, 0.1) is 12.5 Å². The van der Waals surface area contributed by atoms with Crippen LogP contribution in [0.15, 0.2) is 18.2 Å². The number of nitrogens with one attached hydrogen (secondary N) is 1. The highest BCUT2D eigenvalue weighted by Gasteiger charge is 2.38. The summed E-state index contributed by atoms with van der Waals surface area (Å²) in [7, 11) is 1.98.